The van der Waals surface area contributed by atoms with Crippen molar-refractivity contribution < 1.29 is 0 Å². The van der Waals surface area contributed by atoms with Gasteiger partial charge in [-0.05, 0) is 23.6 Å². The summed E-state index contributed by atoms with van der Waals surface area (Å²) >= 11 is 0. The van der Waals surface area contributed by atoms with Crippen LogP contribution in [0, 0.1) is 6.54 Å². The number of piperidine rings is 1. The molecule has 1 saturated heterocycles. The van der Waals surface area contributed by atoms with Crippen LogP contribution in [0.15, 0.2) is 40.1 Å². The van der Waals surface area contributed by atoms with Crippen molar-refractivity contribution in [2.24, 2.45) is 4.99 Å². The van der Waals surface area contributed by atoms with Crippen molar-refractivity contribution in [1.29, 1.82) is 0 Å². The van der Waals surface area contributed by atoms with E-state index in [4.69, 9.17) is 0 Å². The average molecular weight is 170 g/mol. The van der Waals surface area contributed by atoms with E-state index in [0.717, 1.165) is 25.1 Å². The van der Waals surface area contributed by atoms with Crippen LogP contribution in [0.4, 0.5) is 0 Å². The van der Waals surface area contributed by atoms with Gasteiger partial charge in [0.2, 0.25) is 0 Å². The van der Waals surface area contributed by atoms with Crippen molar-refractivity contribution in [2.45, 2.75) is 12.8 Å². The number of allylic oxidation sites excluding steroid dienone is 4. The second kappa shape index (κ2) is 2.67. The van der Waals surface area contributed by atoms with Crippen LogP contribution in [-0.2, 0) is 0 Å². The van der Waals surface area contributed by atoms with E-state index in [1.54, 1.807) is 0 Å². The predicted molar refractivity (Wildman–Crippen MR) is 52.2 cm³/mol. The van der Waals surface area contributed by atoms with Crippen LogP contribution in [-0.4, -0.2) is 12.3 Å². The van der Waals surface area contributed by atoms with Gasteiger partial charge in [0.15, 0.2) is 0 Å². The fourth-order valence-electron chi connectivity index (χ4n) is 1.97. The van der Waals surface area contributed by atoms with Crippen molar-refractivity contribution in [3.05, 3.63) is 41.6 Å². The molecule has 0 atom stereocenters. The third-order valence-corrected chi connectivity index (χ3v) is 2.64. The first kappa shape index (κ1) is 7.27. The smallest absolute Gasteiger partial charge is 0.0672 e. The lowest BCUT2D eigenvalue weighted by atomic mass is 9.96. The summed E-state index contributed by atoms with van der Waals surface area (Å²) in [5, 5.41) is 3.15. The lowest BCUT2D eigenvalue weighted by molar-refractivity contribution is 0.825. The van der Waals surface area contributed by atoms with E-state index >= 15 is 0 Å². The van der Waals surface area contributed by atoms with Gasteiger partial charge in [0.05, 0.1) is 12.2 Å². The average Bonchev–Trinajstić information content (AvgIpc) is 2.56. The maximum absolute atomic E-state index is 4.58. The molecule has 0 aromatic rings. The number of nitrogens with one attached hydrogen (secondary N) is 1. The fourth-order valence-corrected chi connectivity index (χ4v) is 1.97. The number of rotatable bonds is 0. The van der Waals surface area contributed by atoms with E-state index in [2.05, 4.69) is 35.1 Å². The molecule has 1 fully saturated rings. The number of hydrogen-bond acceptors (Lipinski definition) is 2. The molecule has 2 nitrogen and oxygen atoms in total. The van der Waals surface area contributed by atoms with E-state index in [1.807, 2.05) is 0 Å². The molecule has 64 valence electrons. The van der Waals surface area contributed by atoms with Crippen LogP contribution in [0.25, 0.3) is 0 Å². The van der Waals surface area contributed by atoms with Gasteiger partial charge in [-0.25, -0.2) is 0 Å². The van der Waals surface area contributed by atoms with E-state index < -0.39 is 0 Å². The molecular formula is C11H10N2. The van der Waals surface area contributed by atoms with Crippen molar-refractivity contribution in [3.8, 4) is 0 Å². The summed E-state index contributed by atoms with van der Waals surface area (Å²) in [5.41, 5.74) is 5.18. The van der Waals surface area contributed by atoms with E-state index in [1.165, 1.54) is 16.9 Å². The molecule has 2 radical (unpaired) electrons. The topological polar surface area (TPSA) is 24.4 Å². The molecule has 3 rings (SSSR count). The number of aliphatic imine (C=N–C) groups is 1. The molecule has 0 aromatic carbocycles. The van der Waals surface area contributed by atoms with Gasteiger partial charge in [0.1, 0.15) is 0 Å². The first-order valence-electron chi connectivity index (χ1n) is 4.58. The zero-order chi connectivity index (χ0) is 8.67. The van der Waals surface area contributed by atoms with Gasteiger partial charge in [0.25, 0.3) is 0 Å². The van der Waals surface area contributed by atoms with Crippen molar-refractivity contribution in [3.63, 3.8) is 0 Å². The normalized spacial score (nSPS) is 25.2. The summed E-state index contributed by atoms with van der Waals surface area (Å²) in [6.07, 6.45) is 8.25. The molecule has 0 saturated carbocycles. The van der Waals surface area contributed by atoms with Gasteiger partial charge in [0, 0.05) is 18.7 Å². The Kier molecular flexibility index (Phi) is 1.49. The summed E-state index contributed by atoms with van der Waals surface area (Å²) in [7, 11) is 0. The lowest BCUT2D eigenvalue weighted by Crippen LogP contribution is -2.26. The third-order valence-electron chi connectivity index (χ3n) is 2.64. The van der Waals surface area contributed by atoms with Crippen LogP contribution in [0.1, 0.15) is 12.8 Å². The Balaban J connectivity index is 2.10. The lowest BCUT2D eigenvalue weighted by Gasteiger charge is -2.15. The van der Waals surface area contributed by atoms with Gasteiger partial charge in [-0.2, -0.15) is 0 Å². The summed E-state index contributed by atoms with van der Waals surface area (Å²) in [4.78, 5) is 4.58. The van der Waals surface area contributed by atoms with Crippen LogP contribution < -0.4 is 5.32 Å². The second-order valence-corrected chi connectivity index (χ2v) is 3.41. The Bertz CT molecular complexity index is 370. The van der Waals surface area contributed by atoms with Crippen molar-refractivity contribution >= 4 is 5.71 Å². The predicted octanol–water partition coefficient (Wildman–Crippen LogP) is 1.61. The molecule has 13 heavy (non-hydrogen) atoms. The molecule has 2 aliphatic heterocycles. The highest BCUT2D eigenvalue weighted by Crippen LogP contribution is 2.32. The summed E-state index contributed by atoms with van der Waals surface area (Å²) in [6.45, 7) is 4.01. The van der Waals surface area contributed by atoms with E-state index in [0.29, 0.717) is 0 Å². The Hall–Kier alpha value is -1.15. The Morgan fingerprint density at radius 1 is 1.38 bits per heavy atom. The third kappa shape index (κ3) is 1.02. The van der Waals surface area contributed by atoms with E-state index in [9.17, 15) is 0 Å². The molecule has 0 spiro atoms. The largest absolute Gasteiger partial charge is 0.303 e. The zero-order valence-electron chi connectivity index (χ0n) is 7.30. The molecule has 1 N–H and O–H groups in total. The number of hydrogen-bond donors (Lipinski definition) is 1. The summed E-state index contributed by atoms with van der Waals surface area (Å²) < 4.78 is 0. The molecule has 0 unspecified atom stereocenters. The molecule has 3 aliphatic rings. The van der Waals surface area contributed by atoms with Crippen LogP contribution >= 0.6 is 0 Å². The summed E-state index contributed by atoms with van der Waals surface area (Å²) in [6, 6.07) is 0. The minimum absolute atomic E-state index is 0.843. The van der Waals surface area contributed by atoms with Gasteiger partial charge in [-0.1, -0.05) is 12.2 Å². The Morgan fingerprint density at radius 3 is 3.38 bits per heavy atom. The van der Waals surface area contributed by atoms with Gasteiger partial charge < -0.3 is 5.32 Å². The van der Waals surface area contributed by atoms with Crippen LogP contribution in [0.2, 0.25) is 0 Å². The molecule has 1 aliphatic carbocycles. The van der Waals surface area contributed by atoms with Crippen LogP contribution in [0.3, 0.4) is 0 Å². The van der Waals surface area contributed by atoms with E-state index in [-0.39, 0.29) is 0 Å². The molecule has 0 bridgehead atoms. The minimum atomic E-state index is 0.843. The SMILES string of the molecule is [C]1CC2=NC3=CC=CCC3=C2CN1. The van der Waals surface area contributed by atoms with Crippen molar-refractivity contribution in [1.82, 2.24) is 5.32 Å². The molecule has 2 heterocycles. The van der Waals surface area contributed by atoms with Gasteiger partial charge in [-0.15, -0.1) is 0 Å². The molecule has 0 aromatic heterocycles. The summed E-state index contributed by atoms with van der Waals surface area (Å²) in [5.74, 6) is 0. The monoisotopic (exact) mass is 170 g/mol. The number of nitrogens with zero attached hydrogens (tertiary/aromatic N) is 1. The zero-order valence-corrected chi connectivity index (χ0v) is 7.30. The van der Waals surface area contributed by atoms with Crippen molar-refractivity contribution in [2.75, 3.05) is 6.54 Å². The minimum Gasteiger partial charge on any atom is -0.303 e. The highest BCUT2D eigenvalue weighted by atomic mass is 14.9. The highest BCUT2D eigenvalue weighted by molar-refractivity contribution is 6.06. The van der Waals surface area contributed by atoms with Crippen LogP contribution in [0.5, 0.6) is 0 Å². The fraction of sp³-hybridized carbons (Fsp3) is 0.273. The Labute approximate surface area is 77.7 Å². The first-order valence-corrected chi connectivity index (χ1v) is 4.58. The Morgan fingerprint density at radius 2 is 2.38 bits per heavy atom. The second-order valence-electron chi connectivity index (χ2n) is 3.41. The molecule has 2 heteroatoms. The quantitative estimate of drug-likeness (QED) is 0.587. The first-order chi connectivity index (χ1) is 6.45. The maximum Gasteiger partial charge on any atom is 0.0672 e. The molecular weight excluding hydrogens is 160 g/mol. The van der Waals surface area contributed by atoms with Gasteiger partial charge >= 0.3 is 0 Å². The standard InChI is InChI=1S/C11H10N2/c1-2-4-10-8(3-1)9-7-12-6-5-11(9)13-10/h1-2,4,12H,3,5,7H2. The van der Waals surface area contributed by atoms with Gasteiger partial charge in [-0.3, -0.25) is 4.99 Å². The number of fused-ring (bicyclic) bond motifs is 2. The highest BCUT2D eigenvalue weighted by Gasteiger charge is 2.25. The maximum atomic E-state index is 4.58. The molecule has 0 amide bonds.